The van der Waals surface area contributed by atoms with Crippen molar-refractivity contribution in [1.29, 1.82) is 0 Å². The van der Waals surface area contributed by atoms with E-state index in [1.807, 2.05) is 4.90 Å². The van der Waals surface area contributed by atoms with E-state index in [1.165, 1.54) is 17.1 Å². The zero-order valence-corrected chi connectivity index (χ0v) is 13.9. The second kappa shape index (κ2) is 6.43. The summed E-state index contributed by atoms with van der Waals surface area (Å²) in [6.07, 6.45) is -0.310. The molecule has 1 saturated heterocycles. The normalized spacial score (nSPS) is 18.3. The van der Waals surface area contributed by atoms with Gasteiger partial charge in [0.2, 0.25) is 0 Å². The Hall–Kier alpha value is -2.78. The monoisotopic (exact) mass is 383 g/mol. The molecule has 142 valence electrons. The lowest BCUT2D eigenvalue weighted by molar-refractivity contribution is -0.141. The summed E-state index contributed by atoms with van der Waals surface area (Å²) in [6.45, 7) is 1.02. The van der Waals surface area contributed by atoms with Crippen molar-refractivity contribution in [3.05, 3.63) is 47.9 Å². The van der Waals surface area contributed by atoms with E-state index in [9.17, 15) is 22.0 Å². The van der Waals surface area contributed by atoms with Gasteiger partial charge < -0.3 is 4.90 Å². The fraction of sp³-hybridized carbons (Fsp3) is 0.353. The topological polar surface area (TPSA) is 46.8 Å². The molecular weight excluding hydrogens is 369 g/mol. The largest absolute Gasteiger partial charge is 0.435 e. The lowest BCUT2D eigenvalue weighted by Crippen LogP contribution is -2.37. The Balaban J connectivity index is 1.58. The van der Waals surface area contributed by atoms with Crippen molar-refractivity contribution in [2.75, 3.05) is 18.0 Å². The summed E-state index contributed by atoms with van der Waals surface area (Å²) < 4.78 is 66.3. The van der Waals surface area contributed by atoms with E-state index in [-0.39, 0.29) is 17.1 Å². The van der Waals surface area contributed by atoms with E-state index in [4.69, 9.17) is 0 Å². The first kappa shape index (κ1) is 17.6. The fourth-order valence-electron chi connectivity index (χ4n) is 3.22. The van der Waals surface area contributed by atoms with Crippen molar-refractivity contribution in [2.45, 2.75) is 25.1 Å². The second-order valence-corrected chi connectivity index (χ2v) is 6.40. The molecule has 10 heteroatoms. The Morgan fingerprint density at radius 3 is 2.52 bits per heavy atom. The van der Waals surface area contributed by atoms with E-state index in [1.54, 1.807) is 0 Å². The van der Waals surface area contributed by atoms with E-state index >= 15 is 0 Å². The van der Waals surface area contributed by atoms with Crippen LogP contribution in [0, 0.1) is 11.6 Å². The minimum absolute atomic E-state index is 0.215. The lowest BCUT2D eigenvalue weighted by atomic mass is 10.1. The molecule has 1 atom stereocenters. The van der Waals surface area contributed by atoms with Crippen LogP contribution < -0.4 is 4.90 Å². The average Bonchev–Trinajstić information content (AvgIpc) is 3.13. The summed E-state index contributed by atoms with van der Waals surface area (Å²) >= 11 is 0. The van der Waals surface area contributed by atoms with Crippen LogP contribution in [0.3, 0.4) is 0 Å². The number of piperidine rings is 1. The first-order chi connectivity index (χ1) is 12.8. The fourth-order valence-corrected chi connectivity index (χ4v) is 3.22. The number of alkyl halides is 3. The zero-order chi connectivity index (χ0) is 19.2. The zero-order valence-electron chi connectivity index (χ0n) is 13.9. The first-order valence-corrected chi connectivity index (χ1v) is 8.30. The summed E-state index contributed by atoms with van der Waals surface area (Å²) in [6, 6.07) is 2.65. The van der Waals surface area contributed by atoms with Gasteiger partial charge >= 0.3 is 6.18 Å². The molecule has 0 spiro atoms. The Labute approximate surface area is 150 Å². The van der Waals surface area contributed by atoms with Crippen molar-refractivity contribution in [1.82, 2.24) is 19.7 Å². The molecule has 0 amide bonds. The van der Waals surface area contributed by atoms with Crippen LogP contribution in [0.5, 0.6) is 0 Å². The maximum atomic E-state index is 13.4. The minimum atomic E-state index is -4.48. The van der Waals surface area contributed by atoms with Crippen LogP contribution in [0.25, 0.3) is 11.0 Å². The van der Waals surface area contributed by atoms with Crippen molar-refractivity contribution in [2.24, 2.45) is 0 Å². The third kappa shape index (κ3) is 3.43. The highest BCUT2D eigenvalue weighted by Gasteiger charge is 2.34. The van der Waals surface area contributed by atoms with Gasteiger partial charge in [0.1, 0.15) is 5.82 Å². The predicted octanol–water partition coefficient (Wildman–Crippen LogP) is 3.96. The van der Waals surface area contributed by atoms with Crippen molar-refractivity contribution in [3.63, 3.8) is 0 Å². The molecule has 3 aromatic rings. The van der Waals surface area contributed by atoms with Gasteiger partial charge in [-0.2, -0.15) is 18.3 Å². The van der Waals surface area contributed by atoms with Crippen LogP contribution in [-0.2, 0) is 6.18 Å². The Bertz CT molecular complexity index is 983. The van der Waals surface area contributed by atoms with Crippen molar-refractivity contribution in [3.8, 4) is 0 Å². The number of rotatable bonds is 2. The van der Waals surface area contributed by atoms with E-state index < -0.39 is 23.5 Å². The van der Waals surface area contributed by atoms with Gasteiger partial charge in [-0.25, -0.2) is 13.8 Å². The smallest absolute Gasteiger partial charge is 0.353 e. The minimum Gasteiger partial charge on any atom is -0.353 e. The molecule has 2 aromatic heterocycles. The quantitative estimate of drug-likeness (QED) is 0.629. The van der Waals surface area contributed by atoms with Gasteiger partial charge in [0.15, 0.2) is 17.3 Å². The third-order valence-electron chi connectivity index (χ3n) is 4.56. The molecule has 3 heterocycles. The molecule has 1 aliphatic rings. The molecule has 0 radical (unpaired) electrons. The highest BCUT2D eigenvalue weighted by atomic mass is 19.4. The Kier molecular flexibility index (Phi) is 4.20. The van der Waals surface area contributed by atoms with Gasteiger partial charge in [-0.05, 0) is 18.9 Å². The molecule has 5 nitrogen and oxygen atoms in total. The number of nitrogens with zero attached hydrogens (tertiary/aromatic N) is 5. The number of hydrogen-bond donors (Lipinski definition) is 0. The SMILES string of the molecule is Fc1cc2ncc(N3CCCC(n4ccc(C(F)(F)F)n4)C3)nc2cc1F. The summed E-state index contributed by atoms with van der Waals surface area (Å²) in [5, 5.41) is 3.64. The van der Waals surface area contributed by atoms with Gasteiger partial charge in [0, 0.05) is 31.4 Å². The highest BCUT2D eigenvalue weighted by Crippen LogP contribution is 2.30. The molecule has 1 aromatic carbocycles. The predicted molar refractivity (Wildman–Crippen MR) is 87.2 cm³/mol. The van der Waals surface area contributed by atoms with Crippen molar-refractivity contribution >= 4 is 16.9 Å². The molecule has 0 saturated carbocycles. The number of anilines is 1. The van der Waals surface area contributed by atoms with Gasteiger partial charge in [-0.3, -0.25) is 9.67 Å². The Morgan fingerprint density at radius 2 is 1.81 bits per heavy atom. The average molecular weight is 383 g/mol. The van der Waals surface area contributed by atoms with Crippen LogP contribution in [0.1, 0.15) is 24.6 Å². The third-order valence-corrected chi connectivity index (χ3v) is 4.56. The number of benzene rings is 1. The maximum Gasteiger partial charge on any atom is 0.435 e. The molecular formula is C17H14F5N5. The number of hydrogen-bond acceptors (Lipinski definition) is 4. The number of halogens is 5. The van der Waals surface area contributed by atoms with E-state index in [0.29, 0.717) is 25.3 Å². The summed E-state index contributed by atoms with van der Waals surface area (Å²) in [5.74, 6) is -1.55. The highest BCUT2D eigenvalue weighted by molar-refractivity contribution is 5.75. The second-order valence-electron chi connectivity index (χ2n) is 6.40. The van der Waals surface area contributed by atoms with Crippen LogP contribution in [0.15, 0.2) is 30.6 Å². The molecule has 1 fully saturated rings. The number of aromatic nitrogens is 4. The van der Waals surface area contributed by atoms with Gasteiger partial charge in [-0.15, -0.1) is 0 Å². The van der Waals surface area contributed by atoms with E-state index in [2.05, 4.69) is 15.1 Å². The van der Waals surface area contributed by atoms with Gasteiger partial charge in [-0.1, -0.05) is 0 Å². The molecule has 4 rings (SSSR count). The molecule has 0 N–H and O–H groups in total. The first-order valence-electron chi connectivity index (χ1n) is 8.30. The maximum absolute atomic E-state index is 13.4. The van der Waals surface area contributed by atoms with Crippen LogP contribution in [0.4, 0.5) is 27.8 Å². The van der Waals surface area contributed by atoms with E-state index in [0.717, 1.165) is 24.6 Å². The van der Waals surface area contributed by atoms with Crippen LogP contribution in [-0.4, -0.2) is 32.8 Å². The summed E-state index contributed by atoms with van der Waals surface area (Å²) in [4.78, 5) is 10.3. The van der Waals surface area contributed by atoms with Crippen LogP contribution >= 0.6 is 0 Å². The summed E-state index contributed by atoms with van der Waals surface area (Å²) in [7, 11) is 0. The lowest BCUT2D eigenvalue weighted by Gasteiger charge is -2.33. The summed E-state index contributed by atoms with van der Waals surface area (Å²) in [5.41, 5.74) is -0.484. The standard InChI is InChI=1S/C17H14F5N5/c18-11-6-13-14(7-12(11)19)24-16(8-23-13)26-4-1-2-10(9-26)27-5-3-15(25-27)17(20,21)22/h3,5-8,10H,1-2,4,9H2. The molecule has 1 aliphatic heterocycles. The van der Waals surface area contributed by atoms with Crippen LogP contribution in [0.2, 0.25) is 0 Å². The molecule has 27 heavy (non-hydrogen) atoms. The molecule has 1 unspecified atom stereocenters. The molecule has 0 aliphatic carbocycles. The molecule has 0 bridgehead atoms. The van der Waals surface area contributed by atoms with Gasteiger partial charge in [0.25, 0.3) is 0 Å². The Morgan fingerprint density at radius 1 is 1.07 bits per heavy atom. The van der Waals surface area contributed by atoms with Gasteiger partial charge in [0.05, 0.1) is 23.3 Å². The van der Waals surface area contributed by atoms with Crippen molar-refractivity contribution < 1.29 is 22.0 Å². The number of fused-ring (bicyclic) bond motifs is 1.